The minimum Gasteiger partial charge on any atom is -0.455 e. The number of para-hydroxylation sites is 5. The van der Waals surface area contributed by atoms with Gasteiger partial charge in [0.15, 0.2) is 5.82 Å². The van der Waals surface area contributed by atoms with Gasteiger partial charge in [0.1, 0.15) is 16.9 Å². The van der Waals surface area contributed by atoms with E-state index in [0.717, 1.165) is 94.0 Å². The first-order chi connectivity index (χ1) is 24.3. The smallest absolute Gasteiger partial charge is 0.165 e. The van der Waals surface area contributed by atoms with Gasteiger partial charge in [-0.25, -0.2) is 9.97 Å². The molecule has 0 aliphatic carbocycles. The Bertz CT molecular complexity index is 3110. The van der Waals surface area contributed by atoms with Gasteiger partial charge in [0.25, 0.3) is 0 Å². The highest BCUT2D eigenvalue weighted by Crippen LogP contribution is 2.42. The van der Waals surface area contributed by atoms with Gasteiger partial charge in [-0.3, -0.25) is 4.57 Å². The van der Waals surface area contributed by atoms with Crippen LogP contribution < -0.4 is 0 Å². The molecule has 228 valence electrons. The number of furan rings is 1. The van der Waals surface area contributed by atoms with E-state index >= 15 is 0 Å². The number of benzene rings is 7. The largest absolute Gasteiger partial charge is 0.455 e. The quantitative estimate of drug-likeness (QED) is 0.196. The van der Waals surface area contributed by atoms with Gasteiger partial charge in [-0.1, -0.05) is 97.1 Å². The first-order valence-electron chi connectivity index (χ1n) is 16.5. The maximum Gasteiger partial charge on any atom is 0.165 e. The van der Waals surface area contributed by atoms with E-state index in [1.165, 1.54) is 5.39 Å². The third-order valence-corrected chi connectivity index (χ3v) is 9.91. The fourth-order valence-corrected chi connectivity index (χ4v) is 7.78. The van der Waals surface area contributed by atoms with Crippen molar-refractivity contribution in [3.8, 4) is 22.8 Å². The number of aromatic nitrogens is 4. The van der Waals surface area contributed by atoms with E-state index in [4.69, 9.17) is 14.4 Å². The summed E-state index contributed by atoms with van der Waals surface area (Å²) in [7, 11) is 0. The van der Waals surface area contributed by atoms with Gasteiger partial charge in [-0.2, -0.15) is 0 Å². The molecular weight excluding hydrogens is 601 g/mol. The first kappa shape index (κ1) is 26.4. The molecule has 5 heteroatoms. The molecule has 0 saturated heterocycles. The Balaban J connectivity index is 1.21. The molecule has 0 aliphatic heterocycles. The molecule has 49 heavy (non-hydrogen) atoms. The predicted molar refractivity (Wildman–Crippen MR) is 201 cm³/mol. The molecule has 0 saturated carbocycles. The lowest BCUT2D eigenvalue weighted by atomic mass is 10.1. The predicted octanol–water partition coefficient (Wildman–Crippen LogP) is 11.4. The summed E-state index contributed by atoms with van der Waals surface area (Å²) in [5, 5.41) is 6.88. The average molecular weight is 627 g/mol. The van der Waals surface area contributed by atoms with Gasteiger partial charge in [-0.05, 0) is 60.7 Å². The molecule has 0 aliphatic rings. The Morgan fingerprint density at radius 3 is 1.90 bits per heavy atom. The highest BCUT2D eigenvalue weighted by molar-refractivity contribution is 6.24. The number of hydrogen-bond acceptors (Lipinski definition) is 3. The van der Waals surface area contributed by atoms with Crippen molar-refractivity contribution in [2.24, 2.45) is 0 Å². The third-order valence-electron chi connectivity index (χ3n) is 9.91. The highest BCUT2D eigenvalue weighted by atomic mass is 16.3. The molecule has 11 rings (SSSR count). The number of fused-ring (bicyclic) bond motifs is 11. The maximum absolute atomic E-state index is 6.55. The van der Waals surface area contributed by atoms with Crippen molar-refractivity contribution in [2.75, 3.05) is 0 Å². The fourth-order valence-electron chi connectivity index (χ4n) is 7.78. The molecule has 11 aromatic rings. The van der Waals surface area contributed by atoms with E-state index in [2.05, 4.69) is 124 Å². The van der Waals surface area contributed by atoms with Crippen LogP contribution in [0.4, 0.5) is 0 Å². The van der Waals surface area contributed by atoms with Crippen LogP contribution >= 0.6 is 0 Å². The summed E-state index contributed by atoms with van der Waals surface area (Å²) in [6.45, 7) is 0. The molecule has 7 aromatic carbocycles. The molecule has 5 nitrogen and oxygen atoms in total. The zero-order valence-corrected chi connectivity index (χ0v) is 26.2. The SMILES string of the molecule is c1ccc(-c2nc3ccccc3nc2-n2c3ccccc3c3cc(-n4c5ccccc5c5c6oc7ccccc7c6ccc54)ccc32)cc1. The van der Waals surface area contributed by atoms with Crippen molar-refractivity contribution in [3.63, 3.8) is 0 Å². The van der Waals surface area contributed by atoms with Gasteiger partial charge < -0.3 is 8.98 Å². The topological polar surface area (TPSA) is 48.8 Å². The summed E-state index contributed by atoms with van der Waals surface area (Å²) in [6, 6.07) is 55.2. The standard InChI is InChI=1S/C44H26N4O/c1-2-12-27(13-3-1)42-44(46-35-18-8-7-17-34(35)45-42)48-36-19-9-4-14-29(36)33-26-28(22-24-38(33)48)47-37-20-10-5-16-32(37)41-39(47)25-23-31-30-15-6-11-21-40(30)49-43(31)41/h1-26H. The second-order valence-corrected chi connectivity index (χ2v) is 12.6. The monoisotopic (exact) mass is 626 g/mol. The van der Waals surface area contributed by atoms with E-state index in [-0.39, 0.29) is 0 Å². The van der Waals surface area contributed by atoms with E-state index < -0.39 is 0 Å². The van der Waals surface area contributed by atoms with Crippen LogP contribution in [0, 0.1) is 0 Å². The van der Waals surface area contributed by atoms with Crippen molar-refractivity contribution >= 4 is 76.6 Å². The minimum atomic E-state index is 0.813. The lowest BCUT2D eigenvalue weighted by molar-refractivity contribution is 0.673. The van der Waals surface area contributed by atoms with E-state index in [1.807, 2.05) is 42.5 Å². The molecule has 0 fully saturated rings. The van der Waals surface area contributed by atoms with Crippen LogP contribution in [0.3, 0.4) is 0 Å². The number of rotatable bonds is 3. The third kappa shape index (κ3) is 3.70. The van der Waals surface area contributed by atoms with Crippen LogP contribution in [-0.4, -0.2) is 19.1 Å². The molecule has 0 bridgehead atoms. The van der Waals surface area contributed by atoms with Gasteiger partial charge in [0.2, 0.25) is 0 Å². The van der Waals surface area contributed by atoms with E-state index in [1.54, 1.807) is 0 Å². The fraction of sp³-hybridized carbons (Fsp3) is 0. The van der Waals surface area contributed by atoms with Crippen molar-refractivity contribution < 1.29 is 4.42 Å². The Morgan fingerprint density at radius 2 is 1.06 bits per heavy atom. The molecular formula is C44H26N4O. The molecule has 0 spiro atoms. The Hall–Kier alpha value is -6.72. The van der Waals surface area contributed by atoms with Gasteiger partial charge in [0, 0.05) is 38.2 Å². The van der Waals surface area contributed by atoms with Crippen LogP contribution in [0.25, 0.3) is 99.3 Å². The molecule has 0 N–H and O–H groups in total. The molecule has 0 amide bonds. The number of hydrogen-bond donors (Lipinski definition) is 0. The van der Waals surface area contributed by atoms with Crippen LogP contribution in [0.1, 0.15) is 0 Å². The molecule has 4 heterocycles. The summed E-state index contributed by atoms with van der Waals surface area (Å²) >= 11 is 0. The van der Waals surface area contributed by atoms with Crippen molar-refractivity contribution in [3.05, 3.63) is 158 Å². The molecule has 0 unspecified atom stereocenters. The molecule has 0 radical (unpaired) electrons. The molecule has 4 aromatic heterocycles. The van der Waals surface area contributed by atoms with Crippen molar-refractivity contribution in [1.29, 1.82) is 0 Å². The van der Waals surface area contributed by atoms with Crippen LogP contribution in [0.15, 0.2) is 162 Å². The van der Waals surface area contributed by atoms with Crippen molar-refractivity contribution in [2.45, 2.75) is 0 Å². The van der Waals surface area contributed by atoms with Crippen molar-refractivity contribution in [1.82, 2.24) is 19.1 Å². The number of nitrogens with zero attached hydrogens (tertiary/aromatic N) is 4. The zero-order valence-electron chi connectivity index (χ0n) is 26.2. The summed E-state index contributed by atoms with van der Waals surface area (Å²) < 4.78 is 11.2. The maximum atomic E-state index is 6.55. The normalized spacial score (nSPS) is 12.1. The summed E-state index contributed by atoms with van der Waals surface area (Å²) in [5.74, 6) is 0.813. The Kier molecular flexibility index (Phi) is 5.32. The van der Waals surface area contributed by atoms with Gasteiger partial charge in [-0.15, -0.1) is 0 Å². The lowest BCUT2D eigenvalue weighted by Gasteiger charge is -2.14. The second kappa shape index (κ2) is 9.89. The Morgan fingerprint density at radius 1 is 0.429 bits per heavy atom. The second-order valence-electron chi connectivity index (χ2n) is 12.6. The average Bonchev–Trinajstić information content (AvgIpc) is 3.82. The lowest BCUT2D eigenvalue weighted by Crippen LogP contribution is -2.03. The highest BCUT2D eigenvalue weighted by Gasteiger charge is 2.22. The summed E-state index contributed by atoms with van der Waals surface area (Å²) in [6.07, 6.45) is 0. The Labute approximate surface area is 279 Å². The molecule has 0 atom stereocenters. The zero-order chi connectivity index (χ0) is 32.1. The van der Waals surface area contributed by atoms with E-state index in [9.17, 15) is 0 Å². The summed E-state index contributed by atoms with van der Waals surface area (Å²) in [4.78, 5) is 10.5. The van der Waals surface area contributed by atoms with E-state index in [0.29, 0.717) is 0 Å². The van der Waals surface area contributed by atoms with Crippen LogP contribution in [0.5, 0.6) is 0 Å². The first-order valence-corrected chi connectivity index (χ1v) is 16.5. The van der Waals surface area contributed by atoms with Crippen LogP contribution in [0.2, 0.25) is 0 Å². The van der Waals surface area contributed by atoms with Crippen LogP contribution in [-0.2, 0) is 0 Å². The van der Waals surface area contributed by atoms with Gasteiger partial charge >= 0.3 is 0 Å². The van der Waals surface area contributed by atoms with Gasteiger partial charge in [0.05, 0.1) is 38.5 Å². The minimum absolute atomic E-state index is 0.813. The summed E-state index contributed by atoms with van der Waals surface area (Å²) in [5.41, 5.74) is 10.9.